The topological polar surface area (TPSA) is 38.8 Å². The second-order valence-electron chi connectivity index (χ2n) is 9.17. The van der Waals surface area contributed by atoms with Gasteiger partial charge in [-0.3, -0.25) is 4.79 Å². The van der Waals surface area contributed by atoms with E-state index in [1.165, 1.54) is 29.5 Å². The van der Waals surface area contributed by atoms with Crippen LogP contribution < -0.4 is 4.74 Å². The smallest absolute Gasteiger partial charge is 0.163 e. The summed E-state index contributed by atoms with van der Waals surface area (Å²) in [5, 5.41) is 0. The maximum atomic E-state index is 12.4. The summed E-state index contributed by atoms with van der Waals surface area (Å²) >= 11 is 1.90. The summed E-state index contributed by atoms with van der Waals surface area (Å²) in [6.07, 6.45) is 8.59. The fourth-order valence-electron chi connectivity index (χ4n) is 4.98. The summed E-state index contributed by atoms with van der Waals surface area (Å²) in [5.41, 5.74) is 4.92. The van der Waals surface area contributed by atoms with Gasteiger partial charge < -0.3 is 12.7 Å². The first-order chi connectivity index (χ1) is 15.7. The Balaban J connectivity index is 1.23. The second-order valence-corrected chi connectivity index (χ2v) is 9.79. The number of hydrogen-bond acceptors (Lipinski definition) is 4. The van der Waals surface area contributed by atoms with Crippen molar-refractivity contribution in [2.24, 2.45) is 5.92 Å². The lowest BCUT2D eigenvalue weighted by Crippen LogP contribution is -2.35. The molecule has 1 saturated heterocycles. The predicted octanol–water partition coefficient (Wildman–Crippen LogP) is 5.84. The molecule has 1 aliphatic heterocycles. The number of piperidine rings is 1. The minimum atomic E-state index is 0.341. The van der Waals surface area contributed by atoms with Crippen LogP contribution in [0.2, 0.25) is 0 Å². The molecule has 0 N–H and O–H groups in total. The molecule has 0 unspecified atom stereocenters. The van der Waals surface area contributed by atoms with Crippen LogP contribution in [-0.2, 0) is 22.3 Å². The average molecular weight is 547 g/mol. The molecule has 2 aromatic rings. The minimum Gasteiger partial charge on any atom is -0.491 e. The van der Waals surface area contributed by atoms with Gasteiger partial charge in [0.2, 0.25) is 0 Å². The molecule has 2 aliphatic rings. The highest BCUT2D eigenvalue weighted by atomic mass is 127. The molecular formula is C27H34INO3. The summed E-state index contributed by atoms with van der Waals surface area (Å²) in [4.78, 5) is 15.0. The third-order valence-corrected chi connectivity index (χ3v) is 7.29. The van der Waals surface area contributed by atoms with Crippen molar-refractivity contribution in [3.63, 3.8) is 0 Å². The third kappa shape index (κ3) is 6.78. The lowest BCUT2D eigenvalue weighted by Gasteiger charge is -2.32. The Morgan fingerprint density at radius 3 is 2.66 bits per heavy atom. The monoisotopic (exact) mass is 547 g/mol. The first-order valence-electron chi connectivity index (χ1n) is 12.0. The molecule has 0 amide bonds. The van der Waals surface area contributed by atoms with Crippen LogP contribution >= 0.6 is 23.0 Å². The van der Waals surface area contributed by atoms with E-state index in [2.05, 4.69) is 41.3 Å². The number of benzene rings is 2. The van der Waals surface area contributed by atoms with Gasteiger partial charge in [-0.1, -0.05) is 24.3 Å². The quantitative estimate of drug-likeness (QED) is 0.225. The molecule has 5 heteroatoms. The Morgan fingerprint density at radius 2 is 1.81 bits per heavy atom. The van der Waals surface area contributed by atoms with Gasteiger partial charge in [-0.2, -0.15) is 0 Å². The van der Waals surface area contributed by atoms with Crippen LogP contribution in [0.5, 0.6) is 5.75 Å². The summed E-state index contributed by atoms with van der Waals surface area (Å²) in [6, 6.07) is 15.1. The molecule has 32 heavy (non-hydrogen) atoms. The zero-order valence-electron chi connectivity index (χ0n) is 18.9. The summed E-state index contributed by atoms with van der Waals surface area (Å²) < 4.78 is 10.8. The van der Waals surface area contributed by atoms with Gasteiger partial charge in [-0.25, -0.2) is 0 Å². The van der Waals surface area contributed by atoms with Gasteiger partial charge in [0.15, 0.2) is 5.78 Å². The van der Waals surface area contributed by atoms with Gasteiger partial charge in [0.05, 0.1) is 6.61 Å². The number of aryl methyl sites for hydroxylation is 1. The Morgan fingerprint density at radius 1 is 0.969 bits per heavy atom. The molecule has 0 aromatic heterocycles. The van der Waals surface area contributed by atoms with E-state index in [-0.39, 0.29) is 0 Å². The fraction of sp³-hybridized carbons (Fsp3) is 0.519. The average Bonchev–Trinajstić information content (AvgIpc) is 3.00. The number of fused-ring (bicyclic) bond motifs is 1. The Hall–Kier alpha value is -1.44. The van der Waals surface area contributed by atoms with Crippen molar-refractivity contribution in [3.05, 3.63) is 64.7 Å². The number of hydrogen-bond donors (Lipinski definition) is 0. The molecule has 0 radical (unpaired) electrons. The number of halogens is 1. The van der Waals surface area contributed by atoms with E-state index in [1.54, 1.807) is 0 Å². The first-order valence-corrected chi connectivity index (χ1v) is 12.9. The van der Waals surface area contributed by atoms with Gasteiger partial charge in [0.1, 0.15) is 35.4 Å². The van der Waals surface area contributed by atoms with Gasteiger partial charge in [0, 0.05) is 18.5 Å². The van der Waals surface area contributed by atoms with Crippen LogP contribution in [0, 0.1) is 5.92 Å². The molecule has 4 nitrogen and oxygen atoms in total. The molecule has 0 spiro atoms. The minimum absolute atomic E-state index is 0.341. The highest BCUT2D eigenvalue weighted by molar-refractivity contribution is 14.1. The summed E-state index contributed by atoms with van der Waals surface area (Å²) in [5.74, 6) is 2.02. The van der Waals surface area contributed by atoms with E-state index in [4.69, 9.17) is 7.80 Å². The maximum Gasteiger partial charge on any atom is 0.163 e. The Labute approximate surface area is 206 Å². The maximum absolute atomic E-state index is 12.4. The van der Waals surface area contributed by atoms with Crippen molar-refractivity contribution in [3.8, 4) is 5.75 Å². The number of nitrogens with zero attached hydrogens (tertiary/aromatic N) is 1. The van der Waals surface area contributed by atoms with Crippen LogP contribution in [0.25, 0.3) is 0 Å². The molecule has 2 aromatic carbocycles. The Kier molecular flexibility index (Phi) is 9.00. The Bertz CT molecular complexity index is 892. The zero-order valence-corrected chi connectivity index (χ0v) is 21.0. The number of ether oxygens (including phenoxy) is 1. The highest BCUT2D eigenvalue weighted by Crippen LogP contribution is 2.25. The summed E-state index contributed by atoms with van der Waals surface area (Å²) in [6.45, 7) is 4.60. The first kappa shape index (κ1) is 23.7. The number of carbonyl (C=O) groups is 1. The van der Waals surface area contributed by atoms with Crippen molar-refractivity contribution in [2.75, 3.05) is 32.8 Å². The second kappa shape index (κ2) is 12.1. The highest BCUT2D eigenvalue weighted by Gasteiger charge is 2.20. The lowest BCUT2D eigenvalue weighted by atomic mass is 9.90. The normalized spacial score (nSPS) is 17.7. The molecule has 172 valence electrons. The SMILES string of the molecule is O=C1CCCCc2ccc(CCN3CCC(Cc4cccc(OCCOI)c4)CC3)cc21. The fourth-order valence-corrected chi connectivity index (χ4v) is 5.16. The molecule has 0 saturated carbocycles. The van der Waals surface area contributed by atoms with Gasteiger partial charge >= 0.3 is 0 Å². The number of rotatable bonds is 9. The van der Waals surface area contributed by atoms with Gasteiger partial charge in [-0.15, -0.1) is 0 Å². The van der Waals surface area contributed by atoms with Gasteiger partial charge in [0.25, 0.3) is 0 Å². The van der Waals surface area contributed by atoms with E-state index in [0.29, 0.717) is 25.4 Å². The van der Waals surface area contributed by atoms with E-state index >= 15 is 0 Å². The molecule has 1 fully saturated rings. The number of likely N-dealkylation sites (tertiary alicyclic amines) is 1. The molecule has 4 rings (SSSR count). The molecule has 0 atom stereocenters. The van der Waals surface area contributed by atoms with Crippen LogP contribution in [0.15, 0.2) is 42.5 Å². The molecular weight excluding hydrogens is 513 g/mol. The number of Topliss-reactive ketones (excluding diaryl/α,β-unsaturated/α-hetero) is 1. The molecule has 1 heterocycles. The van der Waals surface area contributed by atoms with Crippen molar-refractivity contribution in [2.45, 2.75) is 51.4 Å². The largest absolute Gasteiger partial charge is 0.491 e. The van der Waals surface area contributed by atoms with Crippen molar-refractivity contribution < 1.29 is 12.6 Å². The van der Waals surface area contributed by atoms with E-state index in [9.17, 15) is 4.79 Å². The van der Waals surface area contributed by atoms with Crippen LogP contribution in [0.1, 0.15) is 59.2 Å². The third-order valence-electron chi connectivity index (χ3n) is 6.85. The lowest BCUT2D eigenvalue weighted by molar-refractivity contribution is 0.0982. The molecule has 1 aliphatic carbocycles. The molecule has 0 bridgehead atoms. The zero-order chi connectivity index (χ0) is 22.2. The van der Waals surface area contributed by atoms with Crippen LogP contribution in [0.3, 0.4) is 0 Å². The van der Waals surface area contributed by atoms with E-state index < -0.39 is 0 Å². The standard InChI is InChI=1S/C27H34INO3/c28-32-17-16-31-25-6-3-4-23(19-25)18-22-11-14-29(15-12-22)13-10-21-8-9-24-5-1-2-7-27(30)26(24)20-21/h3-4,6,8-9,19-20,22H,1-2,5,7,10-18H2. The van der Waals surface area contributed by atoms with Crippen molar-refractivity contribution >= 4 is 28.8 Å². The summed E-state index contributed by atoms with van der Waals surface area (Å²) in [7, 11) is 0. The van der Waals surface area contributed by atoms with Gasteiger partial charge in [-0.05, 0) is 98.8 Å². The number of carbonyl (C=O) groups excluding carboxylic acids is 1. The van der Waals surface area contributed by atoms with Crippen molar-refractivity contribution in [1.29, 1.82) is 0 Å². The van der Waals surface area contributed by atoms with E-state index in [0.717, 1.165) is 69.0 Å². The predicted molar refractivity (Wildman–Crippen MR) is 137 cm³/mol. The number of ketones is 1. The van der Waals surface area contributed by atoms with Crippen LogP contribution in [-0.4, -0.2) is 43.5 Å². The van der Waals surface area contributed by atoms with Crippen LogP contribution in [0.4, 0.5) is 0 Å². The van der Waals surface area contributed by atoms with E-state index in [1.807, 2.05) is 29.1 Å². The van der Waals surface area contributed by atoms with Crippen molar-refractivity contribution in [1.82, 2.24) is 4.90 Å².